The number of nitrogens with zero attached hydrogens (tertiary/aromatic N) is 1. The largest absolute Gasteiger partial charge is 0.506 e. The average Bonchev–Trinajstić information content (AvgIpc) is 2.67. The molecule has 0 bridgehead atoms. The van der Waals surface area contributed by atoms with Crippen molar-refractivity contribution in [3.8, 4) is 5.75 Å². The number of benzene rings is 1. The van der Waals surface area contributed by atoms with Gasteiger partial charge in [-0.15, -0.1) is 0 Å². The Hall–Kier alpha value is -1.48. The summed E-state index contributed by atoms with van der Waals surface area (Å²) in [7, 11) is 0. The van der Waals surface area contributed by atoms with Crippen molar-refractivity contribution < 1.29 is 9.84 Å². The molecule has 0 atom stereocenters. The van der Waals surface area contributed by atoms with Crippen LogP contribution in [-0.2, 0) is 11.3 Å². The summed E-state index contributed by atoms with van der Waals surface area (Å²) in [5.74, 6) is 0.331. The summed E-state index contributed by atoms with van der Waals surface area (Å²) in [6.07, 6.45) is 2.29. The molecule has 0 amide bonds. The molecule has 3 heteroatoms. The van der Waals surface area contributed by atoms with Crippen LogP contribution < -0.4 is 0 Å². The number of hydrogen-bond acceptors (Lipinski definition) is 2. The van der Waals surface area contributed by atoms with Crippen molar-refractivity contribution in [1.29, 1.82) is 0 Å². The van der Waals surface area contributed by atoms with Crippen LogP contribution in [0.1, 0.15) is 39.3 Å². The van der Waals surface area contributed by atoms with Crippen molar-refractivity contribution in [2.45, 2.75) is 46.4 Å². The molecule has 1 heterocycles. The fourth-order valence-electron chi connectivity index (χ4n) is 2.14. The number of fused-ring (bicyclic) bond motifs is 1. The van der Waals surface area contributed by atoms with E-state index in [0.717, 1.165) is 16.5 Å². The van der Waals surface area contributed by atoms with Gasteiger partial charge in [-0.2, -0.15) is 0 Å². The third kappa shape index (κ3) is 2.36. The number of ether oxygens (including phenoxy) is 1. The predicted molar refractivity (Wildman–Crippen MR) is 73.9 cm³/mol. The fraction of sp³-hybridized carbons (Fsp3) is 0.467. The Kier molecular flexibility index (Phi) is 3.62. The van der Waals surface area contributed by atoms with E-state index in [1.165, 1.54) is 0 Å². The summed E-state index contributed by atoms with van der Waals surface area (Å²) in [6, 6.07) is 5.95. The lowest BCUT2D eigenvalue weighted by Gasteiger charge is -2.09. The Balaban J connectivity index is 2.51. The molecule has 18 heavy (non-hydrogen) atoms. The summed E-state index contributed by atoms with van der Waals surface area (Å²) in [5, 5.41) is 11.1. The van der Waals surface area contributed by atoms with E-state index in [4.69, 9.17) is 4.74 Å². The van der Waals surface area contributed by atoms with E-state index in [1.54, 1.807) is 6.07 Å². The maximum Gasteiger partial charge on any atom is 0.139 e. The summed E-state index contributed by atoms with van der Waals surface area (Å²) in [5.41, 5.74) is 2.03. The van der Waals surface area contributed by atoms with E-state index in [2.05, 4.69) is 24.6 Å². The second-order valence-electron chi connectivity index (χ2n) is 5.19. The van der Waals surface area contributed by atoms with Gasteiger partial charge < -0.3 is 14.4 Å². The highest BCUT2D eigenvalue weighted by Gasteiger charge is 2.13. The molecule has 0 aliphatic carbocycles. The molecule has 1 aromatic carbocycles. The van der Waals surface area contributed by atoms with Crippen LogP contribution in [0.4, 0.5) is 0 Å². The standard InChI is InChI=1S/C15H21NO2/c1-10(2)16-8-12(9-18-11(3)4)13-6-5-7-14(17)15(13)16/h5-8,10-11,17H,9H2,1-4H3. The van der Waals surface area contributed by atoms with Crippen LogP contribution in [0, 0.1) is 0 Å². The van der Waals surface area contributed by atoms with Crippen LogP contribution in [0.3, 0.4) is 0 Å². The van der Waals surface area contributed by atoms with Crippen LogP contribution in [0.2, 0.25) is 0 Å². The number of rotatable bonds is 4. The van der Waals surface area contributed by atoms with Crippen molar-refractivity contribution in [3.63, 3.8) is 0 Å². The van der Waals surface area contributed by atoms with Gasteiger partial charge in [0.2, 0.25) is 0 Å². The smallest absolute Gasteiger partial charge is 0.139 e. The van der Waals surface area contributed by atoms with Gasteiger partial charge in [0.25, 0.3) is 0 Å². The van der Waals surface area contributed by atoms with E-state index in [-0.39, 0.29) is 6.10 Å². The molecule has 0 saturated heterocycles. The van der Waals surface area contributed by atoms with E-state index < -0.39 is 0 Å². The Bertz CT molecular complexity index is 541. The number of aromatic hydroxyl groups is 1. The highest BCUT2D eigenvalue weighted by atomic mass is 16.5. The minimum absolute atomic E-state index is 0.208. The molecule has 1 N–H and O–H groups in total. The van der Waals surface area contributed by atoms with E-state index in [9.17, 15) is 5.11 Å². The zero-order valence-corrected chi connectivity index (χ0v) is 11.5. The van der Waals surface area contributed by atoms with Crippen molar-refractivity contribution >= 4 is 10.9 Å². The first-order valence-electron chi connectivity index (χ1n) is 6.43. The molecule has 0 radical (unpaired) electrons. The molecular formula is C15H21NO2. The van der Waals surface area contributed by atoms with Gasteiger partial charge in [0.15, 0.2) is 0 Å². The zero-order valence-electron chi connectivity index (χ0n) is 11.5. The Labute approximate surface area is 108 Å². The number of para-hydroxylation sites is 1. The van der Waals surface area contributed by atoms with Crippen LogP contribution in [0.5, 0.6) is 5.75 Å². The predicted octanol–water partition coefficient (Wildman–Crippen LogP) is 3.85. The summed E-state index contributed by atoms with van der Waals surface area (Å²) in [4.78, 5) is 0. The molecule has 98 valence electrons. The van der Waals surface area contributed by atoms with Crippen LogP contribution in [-0.4, -0.2) is 15.8 Å². The van der Waals surface area contributed by atoms with Gasteiger partial charge in [-0.25, -0.2) is 0 Å². The van der Waals surface area contributed by atoms with E-state index in [1.807, 2.05) is 26.0 Å². The summed E-state index contributed by atoms with van der Waals surface area (Å²) < 4.78 is 7.77. The molecule has 0 unspecified atom stereocenters. The summed E-state index contributed by atoms with van der Waals surface area (Å²) >= 11 is 0. The number of aromatic nitrogens is 1. The molecule has 2 aromatic rings. The molecular weight excluding hydrogens is 226 g/mol. The average molecular weight is 247 g/mol. The third-order valence-corrected chi connectivity index (χ3v) is 3.04. The summed E-state index contributed by atoms with van der Waals surface area (Å²) in [6.45, 7) is 8.85. The first-order chi connectivity index (χ1) is 8.50. The normalized spacial score (nSPS) is 11.9. The maximum absolute atomic E-state index is 10.0. The maximum atomic E-state index is 10.0. The van der Waals surface area contributed by atoms with Crippen LogP contribution in [0.25, 0.3) is 10.9 Å². The first kappa shape index (κ1) is 13.0. The molecule has 3 nitrogen and oxygen atoms in total. The minimum Gasteiger partial charge on any atom is -0.506 e. The first-order valence-corrected chi connectivity index (χ1v) is 6.43. The molecule has 1 aromatic heterocycles. The second-order valence-corrected chi connectivity index (χ2v) is 5.19. The second kappa shape index (κ2) is 5.02. The molecule has 0 fully saturated rings. The zero-order chi connectivity index (χ0) is 13.3. The molecule has 2 rings (SSSR count). The van der Waals surface area contributed by atoms with Gasteiger partial charge in [-0.1, -0.05) is 12.1 Å². The SMILES string of the molecule is CC(C)OCc1cn(C(C)C)c2c(O)cccc12. The van der Waals surface area contributed by atoms with Gasteiger partial charge in [0, 0.05) is 23.2 Å². The highest BCUT2D eigenvalue weighted by Crippen LogP contribution is 2.31. The lowest BCUT2D eigenvalue weighted by atomic mass is 10.2. The van der Waals surface area contributed by atoms with Crippen LogP contribution >= 0.6 is 0 Å². The number of phenols is 1. The van der Waals surface area contributed by atoms with Crippen molar-refractivity contribution in [1.82, 2.24) is 4.57 Å². The fourth-order valence-corrected chi connectivity index (χ4v) is 2.14. The van der Waals surface area contributed by atoms with E-state index >= 15 is 0 Å². The van der Waals surface area contributed by atoms with Gasteiger partial charge in [-0.05, 0) is 33.8 Å². The number of phenolic OH excluding ortho intramolecular Hbond substituents is 1. The Morgan fingerprint density at radius 2 is 1.94 bits per heavy atom. The van der Waals surface area contributed by atoms with Crippen molar-refractivity contribution in [2.75, 3.05) is 0 Å². The highest BCUT2D eigenvalue weighted by molar-refractivity contribution is 5.89. The third-order valence-electron chi connectivity index (χ3n) is 3.04. The lowest BCUT2D eigenvalue weighted by Crippen LogP contribution is -2.02. The molecule has 0 aliphatic heterocycles. The monoisotopic (exact) mass is 247 g/mol. The minimum atomic E-state index is 0.208. The van der Waals surface area contributed by atoms with Crippen LogP contribution in [0.15, 0.2) is 24.4 Å². The van der Waals surface area contributed by atoms with Gasteiger partial charge in [0.1, 0.15) is 5.75 Å². The Morgan fingerprint density at radius 3 is 2.56 bits per heavy atom. The molecule has 0 aliphatic rings. The quantitative estimate of drug-likeness (QED) is 0.890. The van der Waals surface area contributed by atoms with Gasteiger partial charge in [-0.3, -0.25) is 0 Å². The van der Waals surface area contributed by atoms with Gasteiger partial charge >= 0.3 is 0 Å². The van der Waals surface area contributed by atoms with Crippen molar-refractivity contribution in [3.05, 3.63) is 30.0 Å². The molecule has 0 saturated carbocycles. The molecule has 0 spiro atoms. The topological polar surface area (TPSA) is 34.4 Å². The Morgan fingerprint density at radius 1 is 1.22 bits per heavy atom. The van der Waals surface area contributed by atoms with Crippen molar-refractivity contribution in [2.24, 2.45) is 0 Å². The van der Waals surface area contributed by atoms with E-state index in [0.29, 0.717) is 18.4 Å². The van der Waals surface area contributed by atoms with Gasteiger partial charge in [0.05, 0.1) is 18.2 Å². The number of hydrogen-bond donors (Lipinski definition) is 1. The lowest BCUT2D eigenvalue weighted by molar-refractivity contribution is 0.0663.